The SMILES string of the molecule is COc1ccccc1NC(C(=O)N1CCCCN1C#N)C(C)C. The summed E-state index contributed by atoms with van der Waals surface area (Å²) in [6.45, 7) is 5.17. The van der Waals surface area contributed by atoms with Crippen LogP contribution in [0.2, 0.25) is 0 Å². The fraction of sp³-hybridized carbons (Fsp3) is 0.529. The van der Waals surface area contributed by atoms with E-state index in [4.69, 9.17) is 4.74 Å². The van der Waals surface area contributed by atoms with Gasteiger partial charge in [0.15, 0.2) is 6.19 Å². The van der Waals surface area contributed by atoms with Gasteiger partial charge < -0.3 is 10.1 Å². The van der Waals surface area contributed by atoms with Crippen LogP contribution in [0.25, 0.3) is 0 Å². The van der Waals surface area contributed by atoms with Crippen LogP contribution in [0.15, 0.2) is 24.3 Å². The van der Waals surface area contributed by atoms with Crippen molar-refractivity contribution in [3.05, 3.63) is 24.3 Å². The quantitative estimate of drug-likeness (QED) is 0.845. The van der Waals surface area contributed by atoms with Crippen LogP contribution >= 0.6 is 0 Å². The van der Waals surface area contributed by atoms with Crippen LogP contribution in [0.3, 0.4) is 0 Å². The molecule has 23 heavy (non-hydrogen) atoms. The van der Waals surface area contributed by atoms with Crippen molar-refractivity contribution in [1.29, 1.82) is 5.26 Å². The van der Waals surface area contributed by atoms with Crippen LogP contribution in [0, 0.1) is 17.4 Å². The number of ether oxygens (including phenoxy) is 1. The number of carbonyl (C=O) groups is 1. The lowest BCUT2D eigenvalue weighted by atomic mass is 10.0. The fourth-order valence-corrected chi connectivity index (χ4v) is 2.70. The predicted molar refractivity (Wildman–Crippen MR) is 88.5 cm³/mol. The van der Waals surface area contributed by atoms with Gasteiger partial charge in [-0.3, -0.25) is 4.79 Å². The average Bonchev–Trinajstić information content (AvgIpc) is 2.59. The lowest BCUT2D eigenvalue weighted by Gasteiger charge is -2.37. The van der Waals surface area contributed by atoms with Gasteiger partial charge in [0.2, 0.25) is 0 Å². The first-order valence-electron chi connectivity index (χ1n) is 7.96. The number of hydrogen-bond donors (Lipinski definition) is 1. The minimum Gasteiger partial charge on any atom is -0.495 e. The Morgan fingerprint density at radius 1 is 1.30 bits per heavy atom. The van der Waals surface area contributed by atoms with E-state index in [0.29, 0.717) is 18.8 Å². The van der Waals surface area contributed by atoms with E-state index in [1.54, 1.807) is 12.1 Å². The van der Waals surface area contributed by atoms with Gasteiger partial charge in [-0.25, -0.2) is 10.0 Å². The van der Waals surface area contributed by atoms with Crippen LogP contribution in [-0.4, -0.2) is 42.2 Å². The molecule has 0 aromatic heterocycles. The van der Waals surface area contributed by atoms with Crippen LogP contribution in [-0.2, 0) is 4.79 Å². The minimum atomic E-state index is -0.416. The molecule has 1 aliphatic rings. The Balaban J connectivity index is 2.21. The maximum atomic E-state index is 12.9. The summed E-state index contributed by atoms with van der Waals surface area (Å²) in [5.41, 5.74) is 0.780. The Kier molecular flexibility index (Phi) is 5.69. The second-order valence-electron chi connectivity index (χ2n) is 5.96. The summed E-state index contributed by atoms with van der Waals surface area (Å²) < 4.78 is 5.34. The molecule has 0 aliphatic carbocycles. The van der Waals surface area contributed by atoms with Crippen molar-refractivity contribution in [2.75, 3.05) is 25.5 Å². The van der Waals surface area contributed by atoms with Crippen LogP contribution in [0.5, 0.6) is 5.75 Å². The van der Waals surface area contributed by atoms with Crippen molar-refractivity contribution in [2.24, 2.45) is 5.92 Å². The van der Waals surface area contributed by atoms with Gasteiger partial charge in [-0.05, 0) is 30.9 Å². The van der Waals surface area contributed by atoms with E-state index in [1.807, 2.05) is 38.1 Å². The monoisotopic (exact) mass is 316 g/mol. The molecule has 6 nitrogen and oxygen atoms in total. The highest BCUT2D eigenvalue weighted by atomic mass is 16.5. The minimum absolute atomic E-state index is 0.0767. The van der Waals surface area contributed by atoms with Crippen molar-refractivity contribution in [2.45, 2.75) is 32.7 Å². The lowest BCUT2D eigenvalue weighted by molar-refractivity contribution is -0.148. The molecule has 0 spiro atoms. The smallest absolute Gasteiger partial charge is 0.264 e. The summed E-state index contributed by atoms with van der Waals surface area (Å²) in [6.07, 6.45) is 3.96. The molecule has 1 fully saturated rings. The molecule has 0 radical (unpaired) electrons. The molecule has 1 saturated heterocycles. The topological polar surface area (TPSA) is 68.6 Å². The molecule has 0 bridgehead atoms. The van der Waals surface area contributed by atoms with Crippen molar-refractivity contribution < 1.29 is 9.53 Å². The Morgan fingerprint density at radius 3 is 2.65 bits per heavy atom. The van der Waals surface area contributed by atoms with Gasteiger partial charge in [0.05, 0.1) is 19.3 Å². The Morgan fingerprint density at radius 2 is 2.00 bits per heavy atom. The van der Waals surface area contributed by atoms with Crippen molar-refractivity contribution in [3.63, 3.8) is 0 Å². The molecule has 1 aliphatic heterocycles. The Labute approximate surface area is 137 Å². The number of nitrogens with one attached hydrogen (secondary N) is 1. The third-order valence-corrected chi connectivity index (χ3v) is 4.00. The summed E-state index contributed by atoms with van der Waals surface area (Å²) in [5, 5.41) is 15.6. The van der Waals surface area contributed by atoms with E-state index in [1.165, 1.54) is 5.01 Å². The second-order valence-corrected chi connectivity index (χ2v) is 5.96. The molecular formula is C17H24N4O2. The number of nitriles is 1. The van der Waals surface area contributed by atoms with Gasteiger partial charge in [0, 0.05) is 6.54 Å². The zero-order chi connectivity index (χ0) is 16.8. The highest BCUT2D eigenvalue weighted by Crippen LogP contribution is 2.26. The third kappa shape index (κ3) is 3.86. The van der Waals surface area contributed by atoms with Crippen molar-refractivity contribution in [1.82, 2.24) is 10.0 Å². The molecule has 1 heterocycles. The molecule has 2 rings (SSSR count). The normalized spacial score (nSPS) is 16.0. The van der Waals surface area contributed by atoms with Gasteiger partial charge in [0.1, 0.15) is 11.8 Å². The van der Waals surface area contributed by atoms with E-state index < -0.39 is 6.04 Å². The summed E-state index contributed by atoms with van der Waals surface area (Å²) in [5.74, 6) is 0.698. The number of amides is 1. The van der Waals surface area contributed by atoms with Crippen LogP contribution in [0.1, 0.15) is 26.7 Å². The molecule has 124 valence electrons. The highest BCUT2D eigenvalue weighted by molar-refractivity contribution is 5.85. The van der Waals surface area contributed by atoms with Gasteiger partial charge in [-0.1, -0.05) is 26.0 Å². The number of methoxy groups -OCH3 is 1. The molecule has 1 N–H and O–H groups in total. The maximum Gasteiger partial charge on any atom is 0.264 e. The lowest BCUT2D eigenvalue weighted by Crippen LogP contribution is -2.54. The summed E-state index contributed by atoms with van der Waals surface area (Å²) in [6, 6.07) is 7.11. The summed E-state index contributed by atoms with van der Waals surface area (Å²) >= 11 is 0. The first-order chi connectivity index (χ1) is 11.1. The number of anilines is 1. The highest BCUT2D eigenvalue weighted by Gasteiger charge is 2.32. The zero-order valence-corrected chi connectivity index (χ0v) is 14.0. The summed E-state index contributed by atoms with van der Waals surface area (Å²) in [4.78, 5) is 12.9. The predicted octanol–water partition coefficient (Wildman–Crippen LogP) is 2.45. The molecule has 1 amide bonds. The van der Waals surface area contributed by atoms with Crippen LogP contribution < -0.4 is 10.1 Å². The number of para-hydroxylation sites is 2. The molecule has 6 heteroatoms. The molecular weight excluding hydrogens is 292 g/mol. The molecule has 1 unspecified atom stereocenters. The molecule has 0 saturated carbocycles. The number of rotatable bonds is 5. The Hall–Kier alpha value is -2.42. The van der Waals surface area contributed by atoms with Crippen molar-refractivity contribution >= 4 is 11.6 Å². The molecule has 1 aromatic carbocycles. The molecule has 1 aromatic rings. The number of benzene rings is 1. The number of carbonyl (C=O) groups excluding carboxylic acids is 1. The second kappa shape index (κ2) is 7.73. The van der Waals surface area contributed by atoms with Gasteiger partial charge >= 0.3 is 0 Å². The van der Waals surface area contributed by atoms with Gasteiger partial charge in [-0.15, -0.1) is 0 Å². The first-order valence-corrected chi connectivity index (χ1v) is 7.96. The maximum absolute atomic E-state index is 12.9. The van der Waals surface area contributed by atoms with E-state index in [9.17, 15) is 10.1 Å². The number of nitrogens with zero attached hydrogens (tertiary/aromatic N) is 3. The van der Waals surface area contributed by atoms with E-state index in [-0.39, 0.29) is 11.8 Å². The van der Waals surface area contributed by atoms with Gasteiger partial charge in [-0.2, -0.15) is 5.26 Å². The van der Waals surface area contributed by atoms with Gasteiger partial charge in [0.25, 0.3) is 5.91 Å². The largest absolute Gasteiger partial charge is 0.495 e. The zero-order valence-electron chi connectivity index (χ0n) is 14.0. The van der Waals surface area contributed by atoms with Crippen molar-refractivity contribution in [3.8, 4) is 11.9 Å². The third-order valence-electron chi connectivity index (χ3n) is 4.00. The number of hydrogen-bond acceptors (Lipinski definition) is 5. The fourth-order valence-electron chi connectivity index (χ4n) is 2.70. The van der Waals surface area contributed by atoms with E-state index in [2.05, 4.69) is 11.5 Å². The standard InChI is InChI=1S/C17H24N4O2/c1-13(2)16(19-14-8-4-5-9-15(14)23-3)17(22)21-11-7-6-10-20(21)12-18/h4-5,8-9,13,16,19H,6-7,10-11H2,1-3H3. The summed E-state index contributed by atoms with van der Waals surface area (Å²) in [7, 11) is 1.61. The van der Waals surface area contributed by atoms with E-state index >= 15 is 0 Å². The first kappa shape index (κ1) is 16.9. The van der Waals surface area contributed by atoms with Crippen LogP contribution in [0.4, 0.5) is 5.69 Å². The van der Waals surface area contributed by atoms with E-state index in [0.717, 1.165) is 18.5 Å². The molecule has 1 atom stereocenters. The number of hydrazine groups is 1. The Bertz CT molecular complexity index is 582. The average molecular weight is 316 g/mol.